The van der Waals surface area contributed by atoms with Crippen molar-refractivity contribution in [3.8, 4) is 11.6 Å². The molecule has 0 saturated heterocycles. The topological polar surface area (TPSA) is 77.0 Å². The molecule has 0 unspecified atom stereocenters. The number of fused-ring (bicyclic) bond motifs is 1. The van der Waals surface area contributed by atoms with Crippen LogP contribution in [-0.4, -0.2) is 9.97 Å². The largest absolute Gasteiger partial charge is 0.458 e. The summed E-state index contributed by atoms with van der Waals surface area (Å²) in [4.78, 5) is 9.15. The first-order valence-electron chi connectivity index (χ1n) is 6.71. The molecule has 1 aliphatic carbocycles. The Morgan fingerprint density at radius 2 is 2.00 bits per heavy atom. The first kappa shape index (κ1) is 12.2. The maximum Gasteiger partial charge on any atom is 0.197 e. The first-order valence-corrected chi connectivity index (χ1v) is 6.71. The fourth-order valence-electron chi connectivity index (χ4n) is 2.56. The molecule has 19 heavy (non-hydrogen) atoms. The van der Waals surface area contributed by atoms with Crippen molar-refractivity contribution in [2.24, 2.45) is 5.84 Å². The van der Waals surface area contributed by atoms with Gasteiger partial charge in [-0.1, -0.05) is 6.42 Å². The van der Waals surface area contributed by atoms with Crippen molar-refractivity contribution in [3.05, 3.63) is 29.2 Å². The predicted molar refractivity (Wildman–Crippen MR) is 73.5 cm³/mol. The second kappa shape index (κ2) is 5.01. The van der Waals surface area contributed by atoms with Crippen LogP contribution in [0.15, 0.2) is 16.5 Å². The molecule has 0 fully saturated rings. The summed E-state index contributed by atoms with van der Waals surface area (Å²) in [5.74, 6) is 8.50. The van der Waals surface area contributed by atoms with Gasteiger partial charge in [-0.3, -0.25) is 0 Å². The van der Waals surface area contributed by atoms with Gasteiger partial charge in [0, 0.05) is 11.3 Å². The highest BCUT2D eigenvalue weighted by Crippen LogP contribution is 2.28. The van der Waals surface area contributed by atoms with Gasteiger partial charge in [-0.15, -0.1) is 0 Å². The molecule has 0 aromatic carbocycles. The lowest BCUT2D eigenvalue weighted by Crippen LogP contribution is -2.14. The van der Waals surface area contributed by atoms with E-state index >= 15 is 0 Å². The van der Waals surface area contributed by atoms with E-state index < -0.39 is 0 Å². The van der Waals surface area contributed by atoms with E-state index in [2.05, 4.69) is 15.4 Å². The number of anilines is 1. The van der Waals surface area contributed by atoms with Crippen LogP contribution in [-0.2, 0) is 12.8 Å². The summed E-state index contributed by atoms with van der Waals surface area (Å²) >= 11 is 0. The average molecular weight is 258 g/mol. The van der Waals surface area contributed by atoms with E-state index in [-0.39, 0.29) is 0 Å². The summed E-state index contributed by atoms with van der Waals surface area (Å²) in [6, 6.07) is 3.81. The minimum atomic E-state index is 0.613. The van der Waals surface area contributed by atoms with E-state index in [1.54, 1.807) is 0 Å². The molecule has 0 saturated carbocycles. The highest BCUT2D eigenvalue weighted by Gasteiger charge is 2.18. The lowest BCUT2D eigenvalue weighted by Gasteiger charge is -2.11. The van der Waals surface area contributed by atoms with Gasteiger partial charge < -0.3 is 9.84 Å². The SMILES string of the molecule is Cc1ccc(-c2nc3c(c(NN)n2)CCCCC3)o1. The molecule has 1 aliphatic rings. The van der Waals surface area contributed by atoms with Crippen LogP contribution < -0.4 is 11.3 Å². The molecule has 0 radical (unpaired) electrons. The predicted octanol–water partition coefficient (Wildman–Crippen LogP) is 2.60. The van der Waals surface area contributed by atoms with Crippen LogP contribution in [0.4, 0.5) is 5.82 Å². The maximum absolute atomic E-state index is 5.61. The van der Waals surface area contributed by atoms with Crippen LogP contribution in [0.5, 0.6) is 0 Å². The molecule has 0 atom stereocenters. The van der Waals surface area contributed by atoms with E-state index in [9.17, 15) is 0 Å². The normalized spacial score (nSPS) is 14.8. The molecule has 0 aliphatic heterocycles. The highest BCUT2D eigenvalue weighted by atomic mass is 16.3. The molecule has 0 spiro atoms. The lowest BCUT2D eigenvalue weighted by atomic mass is 10.1. The third-order valence-corrected chi connectivity index (χ3v) is 3.53. The first-order chi connectivity index (χ1) is 9.28. The zero-order chi connectivity index (χ0) is 13.2. The van der Waals surface area contributed by atoms with E-state index in [0.717, 1.165) is 35.7 Å². The van der Waals surface area contributed by atoms with Crippen molar-refractivity contribution in [1.29, 1.82) is 0 Å². The van der Waals surface area contributed by atoms with Gasteiger partial charge in [0.25, 0.3) is 0 Å². The van der Waals surface area contributed by atoms with Gasteiger partial charge in [0.1, 0.15) is 11.6 Å². The summed E-state index contributed by atoms with van der Waals surface area (Å²) in [5, 5.41) is 0. The minimum Gasteiger partial charge on any atom is -0.458 e. The number of hydrogen-bond donors (Lipinski definition) is 2. The molecule has 5 nitrogen and oxygen atoms in total. The highest BCUT2D eigenvalue weighted by molar-refractivity contribution is 5.55. The number of nitrogens with two attached hydrogens (primary N) is 1. The molecule has 0 amide bonds. The van der Waals surface area contributed by atoms with Gasteiger partial charge in [-0.25, -0.2) is 15.8 Å². The Hall–Kier alpha value is -1.88. The van der Waals surface area contributed by atoms with Crippen molar-refractivity contribution < 1.29 is 4.42 Å². The Morgan fingerprint density at radius 3 is 2.74 bits per heavy atom. The number of aromatic nitrogens is 2. The van der Waals surface area contributed by atoms with Crippen molar-refractivity contribution >= 4 is 5.82 Å². The van der Waals surface area contributed by atoms with Crippen LogP contribution in [0.25, 0.3) is 11.6 Å². The Labute approximate surface area is 112 Å². The van der Waals surface area contributed by atoms with Crippen LogP contribution in [0.2, 0.25) is 0 Å². The Bertz CT molecular complexity index is 591. The van der Waals surface area contributed by atoms with Gasteiger partial charge in [0.2, 0.25) is 0 Å². The van der Waals surface area contributed by atoms with Crippen molar-refractivity contribution in [1.82, 2.24) is 9.97 Å². The average Bonchev–Trinajstić information content (AvgIpc) is 2.72. The standard InChI is InChI=1S/C14H18N4O/c1-9-7-8-12(19-9)14-16-11-6-4-2-3-5-10(11)13(17-14)18-15/h7-8H,2-6,15H2,1H3,(H,16,17,18). The third kappa shape index (κ3) is 2.33. The second-order valence-electron chi connectivity index (χ2n) is 4.94. The monoisotopic (exact) mass is 258 g/mol. The van der Waals surface area contributed by atoms with Gasteiger partial charge in [-0.05, 0) is 44.7 Å². The maximum atomic E-state index is 5.61. The number of hydrogen-bond acceptors (Lipinski definition) is 5. The summed E-state index contributed by atoms with van der Waals surface area (Å²) in [6.07, 6.45) is 5.55. The van der Waals surface area contributed by atoms with Crippen LogP contribution in [0, 0.1) is 6.92 Å². The minimum absolute atomic E-state index is 0.613. The number of hydrazine groups is 1. The van der Waals surface area contributed by atoms with Gasteiger partial charge in [-0.2, -0.15) is 0 Å². The molecule has 2 aromatic heterocycles. The number of aryl methyl sites for hydroxylation is 2. The molecule has 3 rings (SSSR count). The zero-order valence-electron chi connectivity index (χ0n) is 11.1. The molecule has 2 heterocycles. The quantitative estimate of drug-likeness (QED) is 0.492. The van der Waals surface area contributed by atoms with Gasteiger partial charge in [0.15, 0.2) is 11.6 Å². The van der Waals surface area contributed by atoms with Crippen molar-refractivity contribution in [3.63, 3.8) is 0 Å². The number of rotatable bonds is 2. The lowest BCUT2D eigenvalue weighted by molar-refractivity contribution is 0.543. The summed E-state index contributed by atoms with van der Waals surface area (Å²) in [5.41, 5.74) is 4.97. The summed E-state index contributed by atoms with van der Waals surface area (Å²) < 4.78 is 5.60. The summed E-state index contributed by atoms with van der Waals surface area (Å²) in [6.45, 7) is 1.91. The smallest absolute Gasteiger partial charge is 0.197 e. The Balaban J connectivity index is 2.09. The van der Waals surface area contributed by atoms with E-state index in [4.69, 9.17) is 10.3 Å². The Kier molecular flexibility index (Phi) is 3.21. The van der Waals surface area contributed by atoms with Crippen LogP contribution in [0.3, 0.4) is 0 Å². The molecular formula is C14H18N4O. The number of nitrogens with one attached hydrogen (secondary N) is 1. The number of nitrogens with zero attached hydrogens (tertiary/aromatic N) is 2. The third-order valence-electron chi connectivity index (χ3n) is 3.53. The molecule has 100 valence electrons. The molecular weight excluding hydrogens is 240 g/mol. The number of furan rings is 1. The molecule has 3 N–H and O–H groups in total. The second-order valence-corrected chi connectivity index (χ2v) is 4.94. The van der Waals surface area contributed by atoms with Crippen molar-refractivity contribution in [2.45, 2.75) is 39.0 Å². The molecule has 5 heteroatoms. The zero-order valence-corrected chi connectivity index (χ0v) is 11.1. The van der Waals surface area contributed by atoms with E-state index in [1.807, 2.05) is 19.1 Å². The van der Waals surface area contributed by atoms with E-state index in [1.165, 1.54) is 19.3 Å². The molecule has 0 bridgehead atoms. The number of nitrogen functional groups attached to an aromatic ring is 1. The van der Waals surface area contributed by atoms with Gasteiger partial charge >= 0.3 is 0 Å². The van der Waals surface area contributed by atoms with Crippen LogP contribution >= 0.6 is 0 Å². The van der Waals surface area contributed by atoms with Crippen molar-refractivity contribution in [2.75, 3.05) is 5.43 Å². The van der Waals surface area contributed by atoms with Gasteiger partial charge in [0.05, 0.1) is 0 Å². The fraction of sp³-hybridized carbons (Fsp3) is 0.429. The molecule has 2 aromatic rings. The fourth-order valence-corrected chi connectivity index (χ4v) is 2.56. The Morgan fingerprint density at radius 1 is 1.16 bits per heavy atom. The van der Waals surface area contributed by atoms with Crippen LogP contribution in [0.1, 0.15) is 36.3 Å². The van der Waals surface area contributed by atoms with E-state index in [0.29, 0.717) is 11.6 Å². The summed E-state index contributed by atoms with van der Waals surface area (Å²) in [7, 11) is 0.